The molecule has 2 aliphatic heterocycles. The van der Waals surface area contributed by atoms with Crippen molar-refractivity contribution in [2.45, 2.75) is 105 Å². The summed E-state index contributed by atoms with van der Waals surface area (Å²) in [5.41, 5.74) is 20.4. The molecule has 0 saturated carbocycles. The number of para-hydroxylation sites is 2. The average Bonchev–Trinajstić information content (AvgIpc) is 3.42. The highest BCUT2D eigenvalue weighted by Gasteiger charge is 2.44. The van der Waals surface area contributed by atoms with Crippen molar-refractivity contribution in [3.63, 3.8) is 0 Å². The van der Waals surface area contributed by atoms with E-state index in [0.717, 1.165) is 50.8 Å². The molecule has 0 atom stereocenters. The zero-order valence-electron chi connectivity index (χ0n) is 45.8. The van der Waals surface area contributed by atoms with Gasteiger partial charge in [-0.3, -0.25) is 0 Å². The van der Waals surface area contributed by atoms with Gasteiger partial charge < -0.3 is 9.80 Å². The normalized spacial score (nSPS) is 13.5. The zero-order chi connectivity index (χ0) is 52.3. The molecule has 0 aliphatic carbocycles. The Kier molecular flexibility index (Phi) is 11.2. The van der Waals surface area contributed by atoms with Gasteiger partial charge in [-0.05, 0) is 161 Å². The first-order valence-electron chi connectivity index (χ1n) is 26.8. The molecule has 4 nitrogen and oxygen atoms in total. The lowest BCUT2D eigenvalue weighted by atomic mass is 9.33. The minimum absolute atomic E-state index is 0.0714. The minimum atomic E-state index is -0.0833. The van der Waals surface area contributed by atoms with Crippen LogP contribution in [0.3, 0.4) is 0 Å². The number of hydrogen-bond donors (Lipinski definition) is 0. The van der Waals surface area contributed by atoms with Gasteiger partial charge in [-0.2, -0.15) is 0 Å². The molecule has 10 aromatic rings. The standard InChI is InChI=1S/C70H67BN4/c1-67(2,3)51-31-48(32-52(41-51)68(4,5)6)59-43-60(49-33-53(69(7,8)9)42-54(34-49)70(10,11)12)73-66(72-59)50-39-63-65-64(40-50)75(56-29-17-14-18-30-56)62-38-47-26-22-20-24-45(47)36-58(62)71(65)57-35-44-23-19-21-25-46(44)37-61(57)74(63)55-27-15-13-16-28-55/h13-43H,1-12H3. The van der Waals surface area contributed by atoms with E-state index in [-0.39, 0.29) is 28.4 Å². The van der Waals surface area contributed by atoms with Crippen LogP contribution in [0.2, 0.25) is 0 Å². The van der Waals surface area contributed by atoms with Crippen LogP contribution in [0.4, 0.5) is 34.1 Å². The summed E-state index contributed by atoms with van der Waals surface area (Å²) in [4.78, 5) is 16.5. The van der Waals surface area contributed by atoms with Crippen LogP contribution in [0.1, 0.15) is 105 Å². The summed E-state index contributed by atoms with van der Waals surface area (Å²) in [5, 5.41) is 4.87. The first kappa shape index (κ1) is 48.2. The largest absolute Gasteiger partial charge is 0.311 e. The Morgan fingerprint density at radius 1 is 0.320 bits per heavy atom. The second kappa shape index (κ2) is 17.4. The minimum Gasteiger partial charge on any atom is -0.311 e. The Balaban J connectivity index is 1.21. The first-order valence-corrected chi connectivity index (χ1v) is 26.8. The molecule has 12 rings (SSSR count). The summed E-state index contributed by atoms with van der Waals surface area (Å²) >= 11 is 0. The van der Waals surface area contributed by atoms with E-state index in [4.69, 9.17) is 9.97 Å². The van der Waals surface area contributed by atoms with Crippen molar-refractivity contribution >= 4 is 78.8 Å². The third-order valence-electron chi connectivity index (χ3n) is 15.7. The lowest BCUT2D eigenvalue weighted by Gasteiger charge is -2.44. The first-order chi connectivity index (χ1) is 35.7. The fourth-order valence-electron chi connectivity index (χ4n) is 11.4. The Morgan fingerprint density at radius 3 is 1.00 bits per heavy atom. The molecule has 0 spiro atoms. The lowest BCUT2D eigenvalue weighted by molar-refractivity contribution is 0.568. The molecule has 0 unspecified atom stereocenters. The predicted octanol–water partition coefficient (Wildman–Crippen LogP) is 17.1. The summed E-state index contributed by atoms with van der Waals surface area (Å²) in [6, 6.07) is 70.5. The van der Waals surface area contributed by atoms with Crippen molar-refractivity contribution in [2.24, 2.45) is 0 Å². The Hall–Kier alpha value is -7.76. The fourth-order valence-corrected chi connectivity index (χ4v) is 11.4. The molecule has 9 aromatic carbocycles. The van der Waals surface area contributed by atoms with Gasteiger partial charge in [0.05, 0.1) is 11.4 Å². The molecule has 370 valence electrons. The number of fused-ring (bicyclic) bond motifs is 6. The van der Waals surface area contributed by atoms with Crippen molar-refractivity contribution in [1.82, 2.24) is 9.97 Å². The third kappa shape index (κ3) is 8.61. The smallest absolute Gasteiger partial charge is 0.252 e. The summed E-state index contributed by atoms with van der Waals surface area (Å²) in [6.45, 7) is 27.7. The molecule has 5 heteroatoms. The third-order valence-corrected chi connectivity index (χ3v) is 15.7. The van der Waals surface area contributed by atoms with E-state index in [1.54, 1.807) is 0 Å². The quantitative estimate of drug-likeness (QED) is 0.161. The van der Waals surface area contributed by atoms with Crippen LogP contribution in [0, 0.1) is 0 Å². The van der Waals surface area contributed by atoms with Gasteiger partial charge in [0.15, 0.2) is 5.82 Å². The lowest BCUT2D eigenvalue weighted by Crippen LogP contribution is -2.61. The number of nitrogens with zero attached hydrogens (tertiary/aromatic N) is 4. The maximum Gasteiger partial charge on any atom is 0.252 e. The number of aromatic nitrogens is 2. The summed E-state index contributed by atoms with van der Waals surface area (Å²) in [5.74, 6) is 0.685. The Morgan fingerprint density at radius 2 is 0.653 bits per heavy atom. The molecule has 0 radical (unpaired) electrons. The molecule has 0 bridgehead atoms. The molecule has 2 aliphatic rings. The highest BCUT2D eigenvalue weighted by molar-refractivity contribution is 7.00. The molecule has 0 N–H and O–H groups in total. The average molecular weight is 975 g/mol. The molecule has 0 saturated heterocycles. The topological polar surface area (TPSA) is 32.3 Å². The summed E-state index contributed by atoms with van der Waals surface area (Å²) < 4.78 is 0. The molecule has 1 aromatic heterocycles. The van der Waals surface area contributed by atoms with E-state index >= 15 is 0 Å². The maximum atomic E-state index is 5.77. The fraction of sp³-hybridized carbons (Fsp3) is 0.229. The van der Waals surface area contributed by atoms with Crippen molar-refractivity contribution in [1.29, 1.82) is 0 Å². The molecule has 3 heterocycles. The van der Waals surface area contributed by atoms with Crippen LogP contribution < -0.4 is 26.2 Å². The number of anilines is 6. The Labute approximate surface area is 445 Å². The van der Waals surface area contributed by atoms with Gasteiger partial charge in [-0.1, -0.05) is 192 Å². The van der Waals surface area contributed by atoms with Gasteiger partial charge in [0.2, 0.25) is 0 Å². The van der Waals surface area contributed by atoms with Gasteiger partial charge in [0.1, 0.15) is 0 Å². The van der Waals surface area contributed by atoms with Gasteiger partial charge in [-0.15, -0.1) is 0 Å². The zero-order valence-corrected chi connectivity index (χ0v) is 45.8. The van der Waals surface area contributed by atoms with Crippen molar-refractivity contribution < 1.29 is 0 Å². The van der Waals surface area contributed by atoms with Gasteiger partial charge in [0.25, 0.3) is 6.71 Å². The van der Waals surface area contributed by atoms with Crippen LogP contribution in [0.15, 0.2) is 188 Å². The maximum absolute atomic E-state index is 5.77. The highest BCUT2D eigenvalue weighted by Crippen LogP contribution is 2.48. The second-order valence-electron chi connectivity index (χ2n) is 25.3. The number of benzene rings is 9. The molecular weight excluding hydrogens is 908 g/mol. The Bertz CT molecular complexity index is 3570. The molecular formula is C70H67BN4. The second-order valence-corrected chi connectivity index (χ2v) is 25.3. The SMILES string of the molecule is CC(C)(C)c1cc(-c2cc(-c3cc(C(C)(C)C)cc(C(C)(C)C)c3)nc(-c3cc4c5c(c3)N(c3ccccc3)c3cc6ccccc6cc3B5c3cc5ccccc5cc3N4c3ccccc3)n2)cc(C(C)(C)C)c1. The van der Waals surface area contributed by atoms with Gasteiger partial charge >= 0.3 is 0 Å². The summed E-state index contributed by atoms with van der Waals surface area (Å²) in [7, 11) is 0. The number of rotatable bonds is 5. The van der Waals surface area contributed by atoms with E-state index in [1.165, 1.54) is 71.6 Å². The van der Waals surface area contributed by atoms with Gasteiger partial charge in [0, 0.05) is 50.8 Å². The number of hydrogen-bond acceptors (Lipinski definition) is 4. The van der Waals surface area contributed by atoms with E-state index in [9.17, 15) is 0 Å². The predicted molar refractivity (Wildman–Crippen MR) is 322 cm³/mol. The van der Waals surface area contributed by atoms with Crippen molar-refractivity contribution in [2.75, 3.05) is 9.80 Å². The van der Waals surface area contributed by atoms with E-state index in [2.05, 4.69) is 281 Å². The highest BCUT2D eigenvalue weighted by atomic mass is 15.2. The van der Waals surface area contributed by atoms with E-state index < -0.39 is 0 Å². The van der Waals surface area contributed by atoms with Crippen LogP contribution >= 0.6 is 0 Å². The van der Waals surface area contributed by atoms with Gasteiger partial charge in [-0.25, -0.2) is 9.97 Å². The molecule has 0 amide bonds. The van der Waals surface area contributed by atoms with E-state index in [1.807, 2.05) is 0 Å². The van der Waals surface area contributed by atoms with Crippen molar-refractivity contribution in [3.8, 4) is 33.9 Å². The summed E-state index contributed by atoms with van der Waals surface area (Å²) in [6.07, 6.45) is 0. The molecule has 75 heavy (non-hydrogen) atoms. The van der Waals surface area contributed by atoms with Crippen LogP contribution in [-0.2, 0) is 21.7 Å². The van der Waals surface area contributed by atoms with Crippen molar-refractivity contribution in [3.05, 3.63) is 210 Å². The van der Waals surface area contributed by atoms with E-state index in [0.29, 0.717) is 5.82 Å². The van der Waals surface area contributed by atoms with Crippen LogP contribution in [0.25, 0.3) is 55.4 Å². The van der Waals surface area contributed by atoms with Crippen LogP contribution in [0.5, 0.6) is 0 Å². The molecule has 0 fully saturated rings. The van der Waals surface area contributed by atoms with Crippen LogP contribution in [-0.4, -0.2) is 16.7 Å². The monoisotopic (exact) mass is 975 g/mol.